The molecular formula is C15H25N5O2. The lowest BCUT2D eigenvalue weighted by atomic mass is 9.95. The lowest BCUT2D eigenvalue weighted by Gasteiger charge is -2.32. The molecule has 3 amide bonds. The van der Waals surface area contributed by atoms with Gasteiger partial charge in [-0.3, -0.25) is 9.89 Å². The van der Waals surface area contributed by atoms with Crippen molar-refractivity contribution in [2.45, 2.75) is 39.7 Å². The molecule has 22 heavy (non-hydrogen) atoms. The molecule has 3 N–H and O–H groups in total. The van der Waals surface area contributed by atoms with Crippen molar-refractivity contribution in [3.63, 3.8) is 0 Å². The van der Waals surface area contributed by atoms with Gasteiger partial charge in [0.25, 0.3) is 0 Å². The van der Waals surface area contributed by atoms with Crippen molar-refractivity contribution in [3.05, 3.63) is 12.4 Å². The normalized spacial score (nSPS) is 17.4. The number of hydrogen-bond acceptors (Lipinski definition) is 3. The summed E-state index contributed by atoms with van der Waals surface area (Å²) < 4.78 is 0. The van der Waals surface area contributed by atoms with Gasteiger partial charge in [-0.05, 0) is 25.7 Å². The molecule has 2 heterocycles. The van der Waals surface area contributed by atoms with Crippen LogP contribution in [-0.4, -0.2) is 46.2 Å². The average molecular weight is 307 g/mol. The number of piperidine rings is 1. The number of hydrogen-bond donors (Lipinski definition) is 3. The number of rotatable bonds is 4. The highest BCUT2D eigenvalue weighted by molar-refractivity contribution is 5.89. The largest absolute Gasteiger partial charge is 0.353 e. The van der Waals surface area contributed by atoms with E-state index in [9.17, 15) is 9.59 Å². The summed E-state index contributed by atoms with van der Waals surface area (Å²) in [5.74, 6) is 0.528. The molecule has 0 spiro atoms. The second-order valence-corrected chi connectivity index (χ2v) is 6.22. The van der Waals surface area contributed by atoms with Crippen LogP contribution < -0.4 is 10.6 Å². The highest BCUT2D eigenvalue weighted by Gasteiger charge is 2.28. The molecule has 0 aliphatic carbocycles. The predicted octanol–water partition coefficient (Wildman–Crippen LogP) is 1.81. The fraction of sp³-hybridized carbons (Fsp3) is 0.667. The molecule has 1 aliphatic heterocycles. The van der Waals surface area contributed by atoms with E-state index >= 15 is 0 Å². The molecule has 0 unspecified atom stereocenters. The van der Waals surface area contributed by atoms with Crippen LogP contribution in [-0.2, 0) is 4.79 Å². The quantitative estimate of drug-likeness (QED) is 0.792. The van der Waals surface area contributed by atoms with Gasteiger partial charge in [0.2, 0.25) is 5.91 Å². The van der Waals surface area contributed by atoms with Gasteiger partial charge in [0.15, 0.2) is 0 Å². The fourth-order valence-electron chi connectivity index (χ4n) is 2.38. The van der Waals surface area contributed by atoms with Crippen molar-refractivity contribution < 1.29 is 9.59 Å². The molecule has 7 heteroatoms. The van der Waals surface area contributed by atoms with Gasteiger partial charge in [-0.15, -0.1) is 0 Å². The van der Waals surface area contributed by atoms with Crippen molar-refractivity contribution in [1.29, 1.82) is 0 Å². The summed E-state index contributed by atoms with van der Waals surface area (Å²) >= 11 is 0. The molecule has 1 fully saturated rings. The third-order valence-corrected chi connectivity index (χ3v) is 4.27. The Hall–Kier alpha value is -2.05. The zero-order chi connectivity index (χ0) is 16.1. The summed E-state index contributed by atoms with van der Waals surface area (Å²) in [7, 11) is 0. The number of likely N-dealkylation sites (tertiary alicyclic amines) is 1. The summed E-state index contributed by atoms with van der Waals surface area (Å²) in [6.07, 6.45) is 4.60. The molecular weight excluding hydrogens is 282 g/mol. The Morgan fingerprint density at radius 1 is 1.32 bits per heavy atom. The zero-order valence-electron chi connectivity index (χ0n) is 13.4. The number of nitrogens with zero attached hydrogens (tertiary/aromatic N) is 2. The molecule has 1 aromatic rings. The van der Waals surface area contributed by atoms with E-state index in [2.05, 4.69) is 34.7 Å². The van der Waals surface area contributed by atoms with Gasteiger partial charge in [0.1, 0.15) is 0 Å². The van der Waals surface area contributed by atoms with Gasteiger partial charge < -0.3 is 15.5 Å². The van der Waals surface area contributed by atoms with Gasteiger partial charge in [0, 0.05) is 31.2 Å². The fourth-order valence-corrected chi connectivity index (χ4v) is 2.38. The highest BCUT2D eigenvalue weighted by atomic mass is 16.2. The van der Waals surface area contributed by atoms with E-state index in [1.165, 1.54) is 0 Å². The Labute approximate surface area is 130 Å². The number of anilines is 1. The minimum absolute atomic E-state index is 0.000764. The van der Waals surface area contributed by atoms with Gasteiger partial charge in [-0.25, -0.2) is 4.79 Å². The third-order valence-electron chi connectivity index (χ3n) is 4.27. The maximum absolute atomic E-state index is 12.2. The van der Waals surface area contributed by atoms with Crippen LogP contribution in [0.1, 0.15) is 33.6 Å². The van der Waals surface area contributed by atoms with Crippen LogP contribution in [0.15, 0.2) is 12.4 Å². The Morgan fingerprint density at radius 2 is 2.00 bits per heavy atom. The van der Waals surface area contributed by atoms with Crippen molar-refractivity contribution in [2.24, 2.45) is 11.8 Å². The van der Waals surface area contributed by atoms with Crippen LogP contribution in [0.2, 0.25) is 0 Å². The first kappa shape index (κ1) is 16.3. The first-order valence-corrected chi connectivity index (χ1v) is 7.82. The molecule has 1 saturated heterocycles. The summed E-state index contributed by atoms with van der Waals surface area (Å²) in [6.45, 7) is 7.40. The van der Waals surface area contributed by atoms with E-state index < -0.39 is 0 Å². The number of aromatic amines is 1. The minimum atomic E-state index is -0.143. The van der Waals surface area contributed by atoms with E-state index in [0.29, 0.717) is 37.5 Å². The van der Waals surface area contributed by atoms with Crippen LogP contribution in [0.25, 0.3) is 0 Å². The molecule has 1 atom stereocenters. The van der Waals surface area contributed by atoms with Crippen molar-refractivity contribution in [1.82, 2.24) is 20.4 Å². The number of amides is 3. The van der Waals surface area contributed by atoms with Crippen LogP contribution in [0.4, 0.5) is 10.5 Å². The van der Waals surface area contributed by atoms with Crippen molar-refractivity contribution in [2.75, 3.05) is 18.4 Å². The van der Waals surface area contributed by atoms with Crippen molar-refractivity contribution >= 4 is 17.6 Å². The van der Waals surface area contributed by atoms with E-state index in [0.717, 1.165) is 0 Å². The van der Waals surface area contributed by atoms with Crippen molar-refractivity contribution in [3.8, 4) is 0 Å². The lowest BCUT2D eigenvalue weighted by Crippen LogP contribution is -2.46. The molecule has 2 rings (SSSR count). The zero-order valence-corrected chi connectivity index (χ0v) is 13.4. The molecule has 1 aromatic heterocycles. The number of aromatic nitrogens is 2. The predicted molar refractivity (Wildman–Crippen MR) is 84.3 cm³/mol. The lowest BCUT2D eigenvalue weighted by molar-refractivity contribution is -0.127. The van der Waals surface area contributed by atoms with Gasteiger partial charge in [-0.1, -0.05) is 13.8 Å². The number of nitrogens with one attached hydrogen (secondary N) is 3. The molecule has 0 bridgehead atoms. The molecule has 7 nitrogen and oxygen atoms in total. The second-order valence-electron chi connectivity index (χ2n) is 6.22. The summed E-state index contributed by atoms with van der Waals surface area (Å²) in [5, 5.41) is 12.3. The van der Waals surface area contributed by atoms with Crippen LogP contribution in [0.5, 0.6) is 0 Å². The van der Waals surface area contributed by atoms with E-state index in [1.54, 1.807) is 17.3 Å². The molecule has 0 radical (unpaired) electrons. The molecule has 122 valence electrons. The second kappa shape index (κ2) is 7.29. The van der Waals surface area contributed by atoms with E-state index in [-0.39, 0.29) is 23.9 Å². The number of H-pyrrole nitrogens is 1. The standard InChI is InChI=1S/C15H25N5O2/c1-10(2)11(3)18-14(21)12-4-6-20(7-5-12)15(22)19-13-8-16-17-9-13/h8-12H,4-7H2,1-3H3,(H,16,17)(H,18,21)(H,19,22)/t11-/m0/s1. The molecule has 1 aliphatic rings. The Morgan fingerprint density at radius 3 is 2.55 bits per heavy atom. The number of carbonyl (C=O) groups is 2. The highest BCUT2D eigenvalue weighted by Crippen LogP contribution is 2.19. The van der Waals surface area contributed by atoms with Crippen LogP contribution in [0.3, 0.4) is 0 Å². The summed E-state index contributed by atoms with van der Waals surface area (Å²) in [4.78, 5) is 26.0. The van der Waals surface area contributed by atoms with E-state index in [1.807, 2.05) is 6.92 Å². The Kier molecular flexibility index (Phi) is 5.41. The van der Waals surface area contributed by atoms with Gasteiger partial charge >= 0.3 is 6.03 Å². The summed E-state index contributed by atoms with van der Waals surface area (Å²) in [6, 6.07) is 0.0331. The topological polar surface area (TPSA) is 90.1 Å². The van der Waals surface area contributed by atoms with Crippen LogP contribution >= 0.6 is 0 Å². The maximum Gasteiger partial charge on any atom is 0.321 e. The molecule has 0 aromatic carbocycles. The Bertz CT molecular complexity index is 492. The number of urea groups is 1. The number of carbonyl (C=O) groups excluding carboxylic acids is 2. The first-order valence-electron chi connectivity index (χ1n) is 7.82. The molecule has 0 saturated carbocycles. The van der Waals surface area contributed by atoms with E-state index in [4.69, 9.17) is 0 Å². The van der Waals surface area contributed by atoms with Gasteiger partial charge in [0.05, 0.1) is 11.9 Å². The SMILES string of the molecule is CC(C)[C@H](C)NC(=O)C1CCN(C(=O)Nc2cn[nH]c2)CC1. The monoisotopic (exact) mass is 307 g/mol. The maximum atomic E-state index is 12.2. The third kappa shape index (κ3) is 4.22. The first-order chi connectivity index (χ1) is 10.5. The van der Waals surface area contributed by atoms with Crippen LogP contribution in [0, 0.1) is 11.8 Å². The van der Waals surface area contributed by atoms with Gasteiger partial charge in [-0.2, -0.15) is 5.10 Å². The summed E-state index contributed by atoms with van der Waals surface area (Å²) in [5.41, 5.74) is 0.649. The Balaban J connectivity index is 1.77. The minimum Gasteiger partial charge on any atom is -0.353 e. The average Bonchev–Trinajstić information content (AvgIpc) is 3.00. The smallest absolute Gasteiger partial charge is 0.321 e.